The molecule has 2 amide bonds. The average molecular weight is 415 g/mol. The minimum absolute atomic E-state index is 0.0512. The molecule has 9 heteroatoms. The third kappa shape index (κ3) is 4.58. The summed E-state index contributed by atoms with van der Waals surface area (Å²) in [5.74, 6) is 1.66. The van der Waals surface area contributed by atoms with Gasteiger partial charge < -0.3 is 15.0 Å². The predicted molar refractivity (Wildman–Crippen MR) is 114 cm³/mol. The van der Waals surface area contributed by atoms with Crippen molar-refractivity contribution >= 4 is 11.8 Å². The van der Waals surface area contributed by atoms with Gasteiger partial charge in [-0.05, 0) is 26.1 Å². The number of carbonyl (C=O) groups is 1. The summed E-state index contributed by atoms with van der Waals surface area (Å²) in [5.41, 5.74) is 1.66. The Morgan fingerprint density at radius 1 is 1.27 bits per heavy atom. The van der Waals surface area contributed by atoms with Crippen LogP contribution < -0.4 is 15.4 Å². The van der Waals surface area contributed by atoms with Gasteiger partial charge in [0.2, 0.25) is 5.88 Å². The highest BCUT2D eigenvalue weighted by Crippen LogP contribution is 2.29. The molecule has 9 nitrogen and oxygen atoms in total. The Morgan fingerprint density at radius 3 is 2.70 bits per heavy atom. The first kappa shape index (κ1) is 20.6. The molecule has 2 aliphatic heterocycles. The van der Waals surface area contributed by atoms with Crippen LogP contribution in [0.5, 0.6) is 5.88 Å². The number of nitrogens with zero attached hydrogens (tertiary/aromatic N) is 4. The quantitative estimate of drug-likeness (QED) is 0.720. The molecule has 2 saturated heterocycles. The highest BCUT2D eigenvalue weighted by molar-refractivity contribution is 5.90. The molecule has 162 valence electrons. The zero-order valence-electron chi connectivity index (χ0n) is 17.8. The zero-order chi connectivity index (χ0) is 21.1. The highest BCUT2D eigenvalue weighted by atomic mass is 16.7. The zero-order valence-corrected chi connectivity index (χ0v) is 17.8. The lowest BCUT2D eigenvalue weighted by Gasteiger charge is -2.35. The van der Waals surface area contributed by atoms with E-state index in [-0.39, 0.29) is 12.1 Å². The van der Waals surface area contributed by atoms with Gasteiger partial charge in [-0.3, -0.25) is 10.2 Å². The van der Waals surface area contributed by atoms with Gasteiger partial charge in [-0.1, -0.05) is 25.1 Å². The third-order valence-corrected chi connectivity index (χ3v) is 5.48. The predicted octanol–water partition coefficient (Wildman–Crippen LogP) is 1.88. The molecule has 2 aliphatic rings. The van der Waals surface area contributed by atoms with E-state index in [1.165, 1.54) is 0 Å². The number of amides is 2. The first-order chi connectivity index (χ1) is 14.5. The number of urea groups is 1. The van der Waals surface area contributed by atoms with Crippen molar-refractivity contribution in [2.45, 2.75) is 19.9 Å². The minimum Gasteiger partial charge on any atom is -0.476 e. The number of carbonyl (C=O) groups excluding carboxylic acids is 1. The maximum Gasteiger partial charge on any atom is 0.320 e. The van der Waals surface area contributed by atoms with E-state index < -0.39 is 0 Å². The number of likely N-dealkylation sites (N-methyl/N-ethyl adjacent to an activating group) is 1. The third-order valence-electron chi connectivity index (χ3n) is 5.48. The van der Waals surface area contributed by atoms with Crippen LogP contribution in [0.2, 0.25) is 0 Å². The van der Waals surface area contributed by atoms with E-state index in [1.807, 2.05) is 49.2 Å². The molecule has 1 aromatic carbocycles. The Balaban J connectivity index is 1.49. The van der Waals surface area contributed by atoms with Crippen molar-refractivity contribution in [3.63, 3.8) is 0 Å². The van der Waals surface area contributed by atoms with Crippen LogP contribution in [0.15, 0.2) is 30.3 Å². The lowest BCUT2D eigenvalue weighted by atomic mass is 10.0. The van der Waals surface area contributed by atoms with Crippen LogP contribution in [-0.2, 0) is 4.84 Å². The molecule has 0 spiro atoms. The largest absolute Gasteiger partial charge is 0.476 e. The molecule has 0 saturated carbocycles. The van der Waals surface area contributed by atoms with Crippen molar-refractivity contribution in [3.05, 3.63) is 35.9 Å². The molecule has 2 fully saturated rings. The van der Waals surface area contributed by atoms with Crippen LogP contribution in [-0.4, -0.2) is 78.3 Å². The Bertz CT molecular complexity index is 865. The van der Waals surface area contributed by atoms with E-state index in [9.17, 15) is 4.79 Å². The van der Waals surface area contributed by atoms with Crippen molar-refractivity contribution in [2.24, 2.45) is 5.92 Å². The Kier molecular flexibility index (Phi) is 6.21. The number of hydroxylamine groups is 2. The molecular formula is C21H30N6O3. The van der Waals surface area contributed by atoms with Crippen molar-refractivity contribution in [1.29, 1.82) is 0 Å². The van der Waals surface area contributed by atoms with Gasteiger partial charge in [-0.2, -0.15) is 5.06 Å². The second-order valence-electron chi connectivity index (χ2n) is 8.00. The molecule has 0 bridgehead atoms. The lowest BCUT2D eigenvalue weighted by molar-refractivity contribution is -0.105. The molecule has 4 rings (SSSR count). The first-order valence-electron chi connectivity index (χ1n) is 10.4. The van der Waals surface area contributed by atoms with Gasteiger partial charge in [-0.15, -0.1) is 5.10 Å². The van der Waals surface area contributed by atoms with Crippen LogP contribution in [0.25, 0.3) is 5.69 Å². The minimum atomic E-state index is -0.283. The van der Waals surface area contributed by atoms with Crippen molar-refractivity contribution in [2.75, 3.05) is 51.8 Å². The van der Waals surface area contributed by atoms with E-state index in [0.717, 1.165) is 30.9 Å². The number of hydrogen-bond donors (Lipinski definition) is 2. The summed E-state index contributed by atoms with van der Waals surface area (Å²) in [4.78, 5) is 20.5. The lowest BCUT2D eigenvalue weighted by Crippen LogP contribution is -2.46. The average Bonchev–Trinajstić information content (AvgIpc) is 3.30. The smallest absolute Gasteiger partial charge is 0.320 e. The molecule has 1 aromatic heterocycles. The van der Waals surface area contributed by atoms with Crippen LogP contribution in [0, 0.1) is 12.8 Å². The Hall–Kier alpha value is -2.62. The summed E-state index contributed by atoms with van der Waals surface area (Å²) in [7, 11) is 2.10. The summed E-state index contributed by atoms with van der Waals surface area (Å²) < 4.78 is 7.74. The summed E-state index contributed by atoms with van der Waals surface area (Å²) >= 11 is 0. The van der Waals surface area contributed by atoms with Crippen molar-refractivity contribution in [3.8, 4) is 11.6 Å². The summed E-state index contributed by atoms with van der Waals surface area (Å²) in [5, 5.41) is 12.4. The highest BCUT2D eigenvalue weighted by Gasteiger charge is 2.27. The molecule has 0 radical (unpaired) electrons. The number of benzene rings is 1. The number of anilines is 1. The standard InChI is InChI=1S/C21H30N6O3/c1-4-26-12-17(14-30-26)22-21(28)23-19-15(2)20(29-13-16-10-25(3)11-16)24-27(19)18-8-6-5-7-9-18/h5-9,16-17H,4,10-14H2,1-3H3,(H2,22,23,28). The molecule has 0 aliphatic carbocycles. The number of para-hydroxylation sites is 1. The van der Waals surface area contributed by atoms with Crippen LogP contribution in [0.3, 0.4) is 0 Å². The van der Waals surface area contributed by atoms with Crippen LogP contribution >= 0.6 is 0 Å². The SMILES string of the molecule is CCN1CC(NC(=O)Nc2c(C)c(OCC3CN(C)C3)nn2-c2ccccc2)CO1. The number of likely N-dealkylation sites (tertiary alicyclic amines) is 1. The normalized spacial score (nSPS) is 20.2. The number of rotatable bonds is 7. The van der Waals surface area contributed by atoms with Gasteiger partial charge in [0.05, 0.1) is 30.5 Å². The van der Waals surface area contributed by atoms with Crippen molar-refractivity contribution in [1.82, 2.24) is 25.1 Å². The van der Waals surface area contributed by atoms with E-state index >= 15 is 0 Å². The van der Waals surface area contributed by atoms with Gasteiger partial charge in [0.25, 0.3) is 0 Å². The van der Waals surface area contributed by atoms with Crippen LogP contribution in [0.4, 0.5) is 10.6 Å². The number of aromatic nitrogens is 2. The van der Waals surface area contributed by atoms with Crippen molar-refractivity contribution < 1.29 is 14.4 Å². The fraction of sp³-hybridized carbons (Fsp3) is 0.524. The maximum absolute atomic E-state index is 12.7. The van der Waals surface area contributed by atoms with Gasteiger partial charge in [0, 0.05) is 32.1 Å². The summed E-state index contributed by atoms with van der Waals surface area (Å²) in [6.45, 7) is 8.56. The molecule has 2 N–H and O–H groups in total. The fourth-order valence-electron chi connectivity index (χ4n) is 3.83. The number of hydrogen-bond acceptors (Lipinski definition) is 6. The van der Waals surface area contributed by atoms with Crippen LogP contribution in [0.1, 0.15) is 12.5 Å². The topological polar surface area (TPSA) is 83.9 Å². The first-order valence-corrected chi connectivity index (χ1v) is 10.4. The molecule has 2 aromatic rings. The molecule has 1 atom stereocenters. The summed E-state index contributed by atoms with van der Waals surface area (Å²) in [6, 6.07) is 9.39. The molecule has 30 heavy (non-hydrogen) atoms. The molecule has 3 heterocycles. The number of nitrogens with one attached hydrogen (secondary N) is 2. The van der Waals surface area contributed by atoms with E-state index in [2.05, 4.69) is 27.7 Å². The Labute approximate surface area is 176 Å². The second-order valence-corrected chi connectivity index (χ2v) is 8.00. The maximum atomic E-state index is 12.7. The Morgan fingerprint density at radius 2 is 2.03 bits per heavy atom. The number of ether oxygens (including phenoxy) is 1. The van der Waals surface area contributed by atoms with E-state index in [1.54, 1.807) is 4.68 Å². The fourth-order valence-corrected chi connectivity index (χ4v) is 3.83. The van der Waals surface area contributed by atoms with Gasteiger partial charge in [-0.25, -0.2) is 9.48 Å². The molecule has 1 unspecified atom stereocenters. The second kappa shape index (κ2) is 9.03. The van der Waals surface area contributed by atoms with Gasteiger partial charge in [0.1, 0.15) is 5.82 Å². The van der Waals surface area contributed by atoms with Gasteiger partial charge >= 0.3 is 6.03 Å². The summed E-state index contributed by atoms with van der Waals surface area (Å²) in [6.07, 6.45) is 0. The van der Waals surface area contributed by atoms with Gasteiger partial charge in [0.15, 0.2) is 0 Å². The van der Waals surface area contributed by atoms with E-state index in [0.29, 0.717) is 37.4 Å². The molecular weight excluding hydrogens is 384 g/mol. The van der Waals surface area contributed by atoms with E-state index in [4.69, 9.17) is 9.57 Å². The monoisotopic (exact) mass is 414 g/mol.